The van der Waals surface area contributed by atoms with Crippen molar-refractivity contribution in [3.63, 3.8) is 0 Å². The van der Waals surface area contributed by atoms with Crippen molar-refractivity contribution in [1.29, 1.82) is 0 Å². The van der Waals surface area contributed by atoms with Gasteiger partial charge in [0.1, 0.15) is 0 Å². The van der Waals surface area contributed by atoms with Crippen molar-refractivity contribution in [2.45, 2.75) is 25.4 Å². The van der Waals surface area contributed by atoms with Gasteiger partial charge in [-0.3, -0.25) is 4.79 Å². The van der Waals surface area contributed by atoms with E-state index in [1.54, 1.807) is 24.4 Å². The van der Waals surface area contributed by atoms with Crippen LogP contribution in [0.5, 0.6) is 0 Å². The summed E-state index contributed by atoms with van der Waals surface area (Å²) in [5, 5.41) is 1.75. The predicted octanol–water partition coefficient (Wildman–Crippen LogP) is 2.88. The number of Topliss-reactive ketones (excluding diaryl/α,β-unsaturated/α-hetero) is 1. The van der Waals surface area contributed by atoms with Crippen LogP contribution in [-0.2, 0) is 14.3 Å². The van der Waals surface area contributed by atoms with Gasteiger partial charge in [0.15, 0.2) is 5.78 Å². The number of ketones is 1. The Morgan fingerprint density at radius 1 is 1.67 bits per heavy atom. The SMILES string of the molecule is C=CC(c1cccs1)C(F)(C(C)=O)C(=O)OCC. The minimum Gasteiger partial charge on any atom is -0.463 e. The topological polar surface area (TPSA) is 43.4 Å². The van der Waals surface area contributed by atoms with Crippen molar-refractivity contribution in [3.8, 4) is 0 Å². The molecule has 0 amide bonds. The quantitative estimate of drug-likeness (QED) is 0.453. The Morgan fingerprint density at radius 2 is 2.33 bits per heavy atom. The van der Waals surface area contributed by atoms with Crippen molar-refractivity contribution >= 4 is 23.1 Å². The van der Waals surface area contributed by atoms with Crippen LogP contribution in [0.3, 0.4) is 0 Å². The molecule has 0 aromatic carbocycles. The van der Waals surface area contributed by atoms with E-state index in [-0.39, 0.29) is 6.61 Å². The zero-order chi connectivity index (χ0) is 13.8. The first-order valence-corrected chi connectivity index (χ1v) is 6.39. The molecule has 0 radical (unpaired) electrons. The fourth-order valence-electron chi connectivity index (χ4n) is 1.67. The van der Waals surface area contributed by atoms with Gasteiger partial charge in [0.05, 0.1) is 12.5 Å². The van der Waals surface area contributed by atoms with Crippen LogP contribution < -0.4 is 0 Å². The molecular formula is C13H15FO3S. The van der Waals surface area contributed by atoms with Crippen molar-refractivity contribution in [1.82, 2.24) is 0 Å². The number of carbonyl (C=O) groups is 2. The van der Waals surface area contributed by atoms with Crippen molar-refractivity contribution < 1.29 is 18.7 Å². The molecule has 2 atom stereocenters. The third-order valence-electron chi connectivity index (χ3n) is 2.60. The van der Waals surface area contributed by atoms with E-state index in [9.17, 15) is 14.0 Å². The van der Waals surface area contributed by atoms with Crippen LogP contribution >= 0.6 is 11.3 Å². The number of esters is 1. The maximum Gasteiger partial charge on any atom is 0.352 e. The van der Waals surface area contributed by atoms with Gasteiger partial charge in [0.2, 0.25) is 0 Å². The lowest BCUT2D eigenvalue weighted by molar-refractivity contribution is -0.162. The number of ether oxygens (including phenoxy) is 1. The Labute approximate surface area is 109 Å². The Morgan fingerprint density at radius 3 is 2.72 bits per heavy atom. The highest BCUT2D eigenvalue weighted by atomic mass is 32.1. The zero-order valence-electron chi connectivity index (χ0n) is 10.3. The Hall–Kier alpha value is -1.49. The number of thiophene rings is 1. The molecule has 1 aromatic heterocycles. The predicted molar refractivity (Wildman–Crippen MR) is 68.4 cm³/mol. The second-order valence-electron chi connectivity index (χ2n) is 3.72. The molecule has 0 fully saturated rings. The van der Waals surface area contributed by atoms with Crippen molar-refractivity contribution in [3.05, 3.63) is 35.0 Å². The first-order valence-electron chi connectivity index (χ1n) is 5.51. The van der Waals surface area contributed by atoms with Gasteiger partial charge in [-0.25, -0.2) is 9.18 Å². The Balaban J connectivity index is 3.21. The molecule has 98 valence electrons. The smallest absolute Gasteiger partial charge is 0.352 e. The van der Waals surface area contributed by atoms with Gasteiger partial charge in [-0.15, -0.1) is 17.9 Å². The van der Waals surface area contributed by atoms with Gasteiger partial charge < -0.3 is 4.74 Å². The van der Waals surface area contributed by atoms with Gasteiger partial charge >= 0.3 is 5.97 Å². The fraction of sp³-hybridized carbons (Fsp3) is 0.385. The second-order valence-corrected chi connectivity index (χ2v) is 4.70. The summed E-state index contributed by atoms with van der Waals surface area (Å²) in [6, 6.07) is 3.38. The summed E-state index contributed by atoms with van der Waals surface area (Å²) in [5.41, 5.74) is -2.71. The van der Waals surface area contributed by atoms with Crippen LogP contribution in [0.2, 0.25) is 0 Å². The molecule has 0 bridgehead atoms. The molecule has 0 saturated carbocycles. The van der Waals surface area contributed by atoms with Crippen LogP contribution in [0.1, 0.15) is 24.6 Å². The number of alkyl halides is 1. The second kappa shape index (κ2) is 5.91. The largest absolute Gasteiger partial charge is 0.463 e. The van der Waals surface area contributed by atoms with Crippen molar-refractivity contribution in [2.24, 2.45) is 0 Å². The number of halogens is 1. The normalized spacial score (nSPS) is 15.5. The molecule has 5 heteroatoms. The monoisotopic (exact) mass is 270 g/mol. The molecule has 0 aliphatic rings. The van der Waals surface area contributed by atoms with E-state index in [1.807, 2.05) is 0 Å². The summed E-state index contributed by atoms with van der Waals surface area (Å²) in [6.07, 6.45) is 1.27. The summed E-state index contributed by atoms with van der Waals surface area (Å²) < 4.78 is 19.5. The summed E-state index contributed by atoms with van der Waals surface area (Å²) >= 11 is 1.26. The highest BCUT2D eigenvalue weighted by Gasteiger charge is 2.52. The summed E-state index contributed by atoms with van der Waals surface area (Å²) in [5.74, 6) is -3.05. The molecule has 0 N–H and O–H groups in total. The molecule has 1 aromatic rings. The minimum atomic E-state index is -2.71. The Kier molecular flexibility index (Phi) is 4.78. The van der Waals surface area contributed by atoms with E-state index in [4.69, 9.17) is 0 Å². The number of carbonyl (C=O) groups excluding carboxylic acids is 2. The maximum absolute atomic E-state index is 14.8. The molecule has 0 aliphatic carbocycles. The third-order valence-corrected chi connectivity index (χ3v) is 3.55. The maximum atomic E-state index is 14.8. The minimum absolute atomic E-state index is 0.0199. The van der Waals surface area contributed by atoms with Crippen molar-refractivity contribution in [2.75, 3.05) is 6.61 Å². The molecule has 3 nitrogen and oxygen atoms in total. The van der Waals surface area contributed by atoms with Gasteiger partial charge in [-0.05, 0) is 25.3 Å². The highest BCUT2D eigenvalue weighted by Crippen LogP contribution is 2.37. The van der Waals surface area contributed by atoms with E-state index in [0.29, 0.717) is 4.88 Å². The first-order chi connectivity index (χ1) is 8.48. The lowest BCUT2D eigenvalue weighted by atomic mass is 9.84. The number of hydrogen-bond acceptors (Lipinski definition) is 4. The summed E-state index contributed by atoms with van der Waals surface area (Å²) in [4.78, 5) is 23.9. The van der Waals surface area contributed by atoms with Crippen LogP contribution in [-0.4, -0.2) is 24.0 Å². The molecule has 0 saturated heterocycles. The van der Waals surface area contributed by atoms with E-state index < -0.39 is 23.3 Å². The number of hydrogen-bond donors (Lipinski definition) is 0. The number of rotatable bonds is 6. The molecule has 18 heavy (non-hydrogen) atoms. The molecule has 1 rings (SSSR count). The van der Waals surface area contributed by atoms with Crippen LogP contribution in [0.4, 0.5) is 4.39 Å². The van der Waals surface area contributed by atoms with Gasteiger partial charge in [-0.2, -0.15) is 0 Å². The highest BCUT2D eigenvalue weighted by molar-refractivity contribution is 7.10. The molecule has 2 unspecified atom stereocenters. The zero-order valence-corrected chi connectivity index (χ0v) is 11.1. The first kappa shape index (κ1) is 14.6. The van der Waals surface area contributed by atoms with Crippen LogP contribution in [0.15, 0.2) is 30.2 Å². The summed E-state index contributed by atoms with van der Waals surface area (Å²) in [7, 11) is 0. The lowest BCUT2D eigenvalue weighted by Gasteiger charge is -2.26. The van der Waals surface area contributed by atoms with Crippen LogP contribution in [0, 0.1) is 0 Å². The lowest BCUT2D eigenvalue weighted by Crippen LogP contribution is -2.46. The average Bonchev–Trinajstić information content (AvgIpc) is 2.83. The molecule has 0 aliphatic heterocycles. The molecule has 1 heterocycles. The fourth-order valence-corrected chi connectivity index (χ4v) is 2.55. The third kappa shape index (κ3) is 2.51. The van der Waals surface area contributed by atoms with Gasteiger partial charge in [0, 0.05) is 4.88 Å². The number of allylic oxidation sites excluding steroid dienone is 1. The summed E-state index contributed by atoms with van der Waals surface area (Å²) in [6.45, 7) is 6.14. The Bertz CT molecular complexity index is 441. The van der Waals surface area contributed by atoms with E-state index in [1.165, 1.54) is 17.4 Å². The van der Waals surface area contributed by atoms with E-state index in [0.717, 1.165) is 6.92 Å². The average molecular weight is 270 g/mol. The van der Waals surface area contributed by atoms with Gasteiger partial charge in [0.25, 0.3) is 5.67 Å². The van der Waals surface area contributed by atoms with Crippen LogP contribution in [0.25, 0.3) is 0 Å². The molecular weight excluding hydrogens is 255 g/mol. The van der Waals surface area contributed by atoms with E-state index >= 15 is 0 Å². The molecule has 0 spiro atoms. The van der Waals surface area contributed by atoms with Gasteiger partial charge in [-0.1, -0.05) is 12.1 Å². The van der Waals surface area contributed by atoms with E-state index in [2.05, 4.69) is 11.3 Å². The standard InChI is InChI=1S/C13H15FO3S/c1-4-10(11-7-6-8-18-11)13(14,9(3)15)12(16)17-5-2/h4,6-8,10H,1,5H2,2-3H3.